The van der Waals surface area contributed by atoms with Crippen LogP contribution < -0.4 is 43.3 Å². The first kappa shape index (κ1) is 65.8. The molecule has 2 aliphatic carbocycles. The van der Waals surface area contributed by atoms with Crippen LogP contribution in [0.25, 0.3) is 0 Å². The average Bonchev–Trinajstić information content (AvgIpc) is 3.48. The predicted octanol–water partition coefficient (Wildman–Crippen LogP) is 5.87. The zero-order valence-corrected chi connectivity index (χ0v) is 48.2. The first-order chi connectivity index (χ1) is 39.5. The summed E-state index contributed by atoms with van der Waals surface area (Å²) in [5, 5.41) is 27.3. The minimum Gasteiger partial charge on any atom is -0.554 e. The first-order valence-corrected chi connectivity index (χ1v) is 26.7. The van der Waals surface area contributed by atoms with Crippen LogP contribution >= 0.6 is 35.6 Å². The number of hydrogen-bond acceptors (Lipinski definition) is 10. The summed E-state index contributed by atoms with van der Waals surface area (Å²) in [7, 11) is 0. The van der Waals surface area contributed by atoms with Crippen LogP contribution in [0.5, 0.6) is 0 Å². The molecule has 0 radical (unpaired) electrons. The molecule has 18 nitrogen and oxygen atoms in total. The van der Waals surface area contributed by atoms with Gasteiger partial charge in [-0.1, -0.05) is 132 Å². The molecule has 3 amide bonds. The van der Waals surface area contributed by atoms with Crippen molar-refractivity contribution in [3.8, 4) is 0 Å². The van der Waals surface area contributed by atoms with Gasteiger partial charge in [-0.15, -0.1) is 12.4 Å². The average molecular weight is 1210 g/mol. The summed E-state index contributed by atoms with van der Waals surface area (Å²) in [6.07, 6.45) is 3.71. The highest BCUT2D eigenvalue weighted by Gasteiger charge is 2.37. The molecule has 1 heterocycles. The number of guanidine groups is 1. The second-order valence-electron chi connectivity index (χ2n) is 20.2. The standard InChI is InChI=1S/C30H30ClFN2O4.C26H24ClFN4O2.C4H6N4.CH2O2.ClH/c1-30(2,3)38-29(37)33-17-18-8-11-20(12-9-18)23-16-21-6-4-5-7-22(21)27(23)34-28(36)26(35)15-19-10-13-24(31)25(32)14-19;27-21-10-7-16(11-22(21)28)12-23(33)25(34)32-24-19-4-2-1-3-18(19)13-20(24)17-8-5-15(6-9-17)14-31-26(29)30;5-4(6)8-3-1-2-7-8;2-1-3;/h4-14,23,27H,15-17H2,1-3H3,(H,33,37)(H,34,36);1-11,20,24H,12-14H2,(H,32,34)(H4,29,30,31);1-3H,(H3,5,6);1H,(H,2,3);1H/t23-,27+;20-,24+;;;/m11.../s1. The molecule has 0 aliphatic heterocycles. The Morgan fingerprint density at radius 2 is 1.13 bits per heavy atom. The van der Waals surface area contributed by atoms with Gasteiger partial charge < -0.3 is 36.3 Å². The van der Waals surface area contributed by atoms with Gasteiger partial charge in [0.2, 0.25) is 17.5 Å². The van der Waals surface area contributed by atoms with E-state index in [1.54, 1.807) is 39.2 Å². The highest BCUT2D eigenvalue weighted by atomic mass is 35.5. The summed E-state index contributed by atoms with van der Waals surface area (Å²) in [4.78, 5) is 74.2. The highest BCUT2D eigenvalue weighted by molar-refractivity contribution is 6.37. The van der Waals surface area contributed by atoms with Gasteiger partial charge in [-0.05, 0) is 120 Å². The summed E-state index contributed by atoms with van der Waals surface area (Å²) < 4.78 is 34.0. The summed E-state index contributed by atoms with van der Waals surface area (Å²) in [6, 6.07) is 40.6. The smallest absolute Gasteiger partial charge is 0.407 e. The summed E-state index contributed by atoms with van der Waals surface area (Å²) >= 11 is 11.4. The fourth-order valence-corrected chi connectivity index (χ4v) is 9.55. The van der Waals surface area contributed by atoms with Gasteiger partial charge in [0.15, 0.2) is 0 Å². The maximum atomic E-state index is 13.8. The van der Waals surface area contributed by atoms with Crippen molar-refractivity contribution in [1.82, 2.24) is 25.7 Å². The second-order valence-corrected chi connectivity index (χ2v) is 21.0. The van der Waals surface area contributed by atoms with Crippen molar-refractivity contribution in [1.29, 1.82) is 5.41 Å². The van der Waals surface area contributed by atoms with E-state index in [9.17, 15) is 32.8 Å². The van der Waals surface area contributed by atoms with E-state index in [2.05, 4.69) is 26.0 Å². The molecule has 1 aromatic heterocycles. The quantitative estimate of drug-likeness (QED) is 0.0275. The lowest BCUT2D eigenvalue weighted by Gasteiger charge is -2.23. The van der Waals surface area contributed by atoms with E-state index in [4.69, 9.17) is 60.5 Å². The van der Waals surface area contributed by atoms with Crippen molar-refractivity contribution in [2.45, 2.75) is 89.1 Å². The van der Waals surface area contributed by atoms with Crippen LogP contribution in [0, 0.1) is 17.0 Å². The van der Waals surface area contributed by atoms with Crippen molar-refractivity contribution in [2.75, 3.05) is 0 Å². The summed E-state index contributed by atoms with van der Waals surface area (Å²) in [6.45, 7) is 5.75. The van der Waals surface area contributed by atoms with Crippen LogP contribution in [0.4, 0.5) is 13.6 Å². The number of halogens is 5. The number of nitrogens with zero attached hydrogens (tertiary/aromatic N) is 2. The van der Waals surface area contributed by atoms with E-state index < -0.39 is 59.2 Å². The van der Waals surface area contributed by atoms with E-state index in [1.165, 1.54) is 41.1 Å². The number of aromatic nitrogens is 2. The number of ketones is 2. The van der Waals surface area contributed by atoms with Gasteiger partial charge in [-0.25, -0.2) is 18.3 Å². The molecule has 0 fully saturated rings. The molecule has 440 valence electrons. The molecule has 9 rings (SSSR count). The van der Waals surface area contributed by atoms with Gasteiger partial charge in [0, 0.05) is 50.1 Å². The minimum atomic E-state index is -0.717. The lowest BCUT2D eigenvalue weighted by molar-refractivity contribution is -0.477. The van der Waals surface area contributed by atoms with Crippen molar-refractivity contribution in [3.63, 3.8) is 0 Å². The molecule has 7 aromatic rings. The molecular formula is C61H63Cl3F2N10O8. The Kier molecular flexibility index (Phi) is 24.2. The fraction of sp³-hybridized carbons (Fsp3) is 0.230. The number of carboxylic acid groups (broad SMARTS) is 1. The number of rotatable bonds is 14. The minimum absolute atomic E-state index is 0. The zero-order chi connectivity index (χ0) is 60.4. The Balaban J connectivity index is 0.000000258. The number of carbonyl (C=O) groups excluding carboxylic acids is 6. The molecule has 0 unspecified atom stereocenters. The van der Waals surface area contributed by atoms with Crippen molar-refractivity contribution < 1.29 is 52.4 Å². The molecule has 2 aliphatic rings. The third-order valence-corrected chi connectivity index (χ3v) is 13.8. The van der Waals surface area contributed by atoms with Gasteiger partial charge >= 0.3 is 12.1 Å². The number of Topliss-reactive ketones (excluding diaryl/α,β-unsaturated/α-hetero) is 2. The third-order valence-electron chi connectivity index (χ3n) is 13.1. The number of benzene rings is 6. The van der Waals surface area contributed by atoms with Crippen LogP contribution in [0.2, 0.25) is 10.0 Å². The second kappa shape index (κ2) is 30.9. The third kappa shape index (κ3) is 19.0. The van der Waals surface area contributed by atoms with Gasteiger partial charge in [-0.3, -0.25) is 41.0 Å². The zero-order valence-electron chi connectivity index (χ0n) is 45.9. The van der Waals surface area contributed by atoms with E-state index in [0.717, 1.165) is 50.9 Å². The Hall–Kier alpha value is -8.98. The molecular weight excluding hydrogens is 1150 g/mol. The Morgan fingerprint density at radius 1 is 0.702 bits per heavy atom. The normalized spacial score (nSPS) is 15.1. The molecule has 0 saturated carbocycles. The number of alkyl carbamates (subject to hydrolysis) is 1. The molecule has 0 bridgehead atoms. The van der Waals surface area contributed by atoms with E-state index in [0.29, 0.717) is 30.6 Å². The fourth-order valence-electron chi connectivity index (χ4n) is 9.31. The SMILES string of the molecule is CC(C)(C)OC(=O)NCc1ccc([C@H]2Cc3ccccc3[C@@H]2NC(=O)C(=O)Cc2ccc(Cl)c(F)c2)cc1.Cl.N=C(N)n1cccn1.NC(N)=[NH+]Cc1ccc([C@H]2Cc3ccccc3[C@@H]2NC(=O)C(=O)Cc2ccc(Cl)c(F)c2)cc1.O=C[O-]. The Labute approximate surface area is 500 Å². The van der Waals surface area contributed by atoms with Gasteiger partial charge in [0.1, 0.15) is 17.2 Å². The first-order valence-electron chi connectivity index (χ1n) is 25.9. The molecule has 23 heteroatoms. The Morgan fingerprint density at radius 3 is 1.51 bits per heavy atom. The van der Waals surface area contributed by atoms with Gasteiger partial charge in [0.25, 0.3) is 11.8 Å². The molecule has 0 spiro atoms. The topological polar surface area (TPSA) is 304 Å². The number of ether oxygens (including phenoxy) is 1. The number of nitrogen functional groups attached to an aromatic ring is 1. The van der Waals surface area contributed by atoms with Crippen LogP contribution in [0.1, 0.15) is 100 Å². The predicted molar refractivity (Wildman–Crippen MR) is 315 cm³/mol. The van der Waals surface area contributed by atoms with E-state index in [1.807, 2.05) is 97.1 Å². The number of nitrogens with two attached hydrogens (primary N) is 3. The van der Waals surface area contributed by atoms with Crippen molar-refractivity contribution >= 4 is 83.5 Å². The molecule has 11 N–H and O–H groups in total. The maximum absolute atomic E-state index is 13.8. The van der Waals surface area contributed by atoms with Crippen LogP contribution in [-0.4, -0.2) is 63.2 Å². The lowest BCUT2D eigenvalue weighted by Crippen LogP contribution is -2.76. The lowest BCUT2D eigenvalue weighted by atomic mass is 9.91. The summed E-state index contributed by atoms with van der Waals surface area (Å²) in [5.41, 5.74) is 24.3. The number of hydrogen-bond donors (Lipinski definition) is 8. The van der Waals surface area contributed by atoms with Crippen molar-refractivity contribution in [3.05, 3.63) is 229 Å². The Bertz CT molecular complexity index is 3470. The highest BCUT2D eigenvalue weighted by Crippen LogP contribution is 2.44. The molecule has 4 atom stereocenters. The number of nitrogens with one attached hydrogen (secondary N) is 5. The van der Waals surface area contributed by atoms with Crippen molar-refractivity contribution in [2.24, 2.45) is 17.2 Å². The number of fused-ring (bicyclic) bond motifs is 2. The van der Waals surface area contributed by atoms with Gasteiger partial charge in [0.05, 0.1) is 28.7 Å². The van der Waals surface area contributed by atoms with E-state index >= 15 is 0 Å². The largest absolute Gasteiger partial charge is 0.554 e. The van der Waals surface area contributed by atoms with E-state index in [-0.39, 0.29) is 65.1 Å². The van der Waals surface area contributed by atoms with Gasteiger partial charge in [-0.2, -0.15) is 5.10 Å². The molecule has 0 saturated heterocycles. The maximum Gasteiger partial charge on any atom is 0.407 e. The van der Waals surface area contributed by atoms with Crippen LogP contribution in [0.3, 0.4) is 0 Å². The molecule has 6 aromatic carbocycles. The molecule has 84 heavy (non-hydrogen) atoms. The monoisotopic (exact) mass is 1210 g/mol. The number of carbonyl (C=O) groups is 6. The van der Waals surface area contributed by atoms with Crippen LogP contribution in [0.15, 0.2) is 152 Å². The summed E-state index contributed by atoms with van der Waals surface area (Å²) in [5.74, 6) is -3.98. The van der Waals surface area contributed by atoms with Crippen LogP contribution in [-0.2, 0) is 67.5 Å². The number of amides is 3.